The van der Waals surface area contributed by atoms with Gasteiger partial charge in [-0.05, 0) is 62.6 Å². The average molecular weight is 538 g/mol. The normalized spacial score (nSPS) is 11.9. The Morgan fingerprint density at radius 3 is 2.18 bits per heavy atom. The van der Waals surface area contributed by atoms with Crippen LogP contribution in [0.2, 0.25) is 0 Å². The highest BCUT2D eigenvalue weighted by Gasteiger charge is 2.33. The smallest absolute Gasteiger partial charge is 0.264 e. The number of methoxy groups -OCH3 is 1. The van der Waals surface area contributed by atoms with Crippen LogP contribution in [0, 0.1) is 13.8 Å². The molecule has 0 heterocycles. The van der Waals surface area contributed by atoms with Gasteiger partial charge in [-0.3, -0.25) is 13.9 Å². The maximum Gasteiger partial charge on any atom is 0.264 e. The van der Waals surface area contributed by atoms with E-state index in [4.69, 9.17) is 4.74 Å². The number of likely N-dealkylation sites (N-methyl/N-ethyl adjacent to an activating group) is 1. The molecule has 9 heteroatoms. The van der Waals surface area contributed by atoms with Crippen molar-refractivity contribution in [2.24, 2.45) is 0 Å². The third-order valence-electron chi connectivity index (χ3n) is 6.39. The van der Waals surface area contributed by atoms with E-state index in [9.17, 15) is 18.0 Å². The summed E-state index contributed by atoms with van der Waals surface area (Å²) in [5.74, 6) is -0.530. The molecule has 202 valence electrons. The number of aryl methyl sites for hydroxylation is 2. The number of rotatable bonds is 11. The molecular formula is C29H35N3O5S. The van der Waals surface area contributed by atoms with Crippen molar-refractivity contribution in [1.82, 2.24) is 10.2 Å². The molecule has 0 saturated heterocycles. The largest absolute Gasteiger partial charge is 0.495 e. The van der Waals surface area contributed by atoms with Crippen molar-refractivity contribution in [3.05, 3.63) is 89.5 Å². The first-order valence-electron chi connectivity index (χ1n) is 12.4. The lowest BCUT2D eigenvalue weighted by Gasteiger charge is -2.32. The molecule has 3 aromatic carbocycles. The monoisotopic (exact) mass is 537 g/mol. The summed E-state index contributed by atoms with van der Waals surface area (Å²) in [5.41, 5.74) is 2.96. The molecule has 0 radical (unpaired) electrons. The lowest BCUT2D eigenvalue weighted by atomic mass is 10.1. The van der Waals surface area contributed by atoms with Gasteiger partial charge in [0.05, 0.1) is 17.7 Å². The molecule has 0 aromatic heterocycles. The molecule has 0 aliphatic rings. The van der Waals surface area contributed by atoms with Crippen LogP contribution in [-0.2, 0) is 26.0 Å². The number of hydrogen-bond donors (Lipinski definition) is 1. The van der Waals surface area contributed by atoms with Gasteiger partial charge in [0.15, 0.2) is 0 Å². The fourth-order valence-corrected chi connectivity index (χ4v) is 5.54. The molecule has 0 aliphatic heterocycles. The summed E-state index contributed by atoms with van der Waals surface area (Å²) in [6.45, 7) is 5.06. The summed E-state index contributed by atoms with van der Waals surface area (Å²) in [5, 5.41) is 2.59. The SMILES string of the molecule is CNC(=O)[C@H](C)N(CCc1ccccc1)C(=O)CN(c1cc(C)ccc1OC)S(=O)(=O)c1ccc(C)cc1. The fraction of sp³-hybridized carbons (Fsp3) is 0.310. The van der Waals surface area contributed by atoms with E-state index >= 15 is 0 Å². The number of hydrogen-bond acceptors (Lipinski definition) is 5. The summed E-state index contributed by atoms with van der Waals surface area (Å²) in [7, 11) is -1.21. The van der Waals surface area contributed by atoms with Gasteiger partial charge in [-0.25, -0.2) is 8.42 Å². The second kappa shape index (κ2) is 12.6. The second-order valence-corrected chi connectivity index (χ2v) is 11.0. The Kier molecular flexibility index (Phi) is 9.52. The molecular weight excluding hydrogens is 502 g/mol. The van der Waals surface area contributed by atoms with Crippen molar-refractivity contribution in [3.8, 4) is 5.75 Å². The van der Waals surface area contributed by atoms with E-state index in [-0.39, 0.29) is 23.0 Å². The molecule has 0 unspecified atom stereocenters. The molecule has 1 N–H and O–H groups in total. The van der Waals surface area contributed by atoms with Crippen LogP contribution in [0.5, 0.6) is 5.75 Å². The molecule has 38 heavy (non-hydrogen) atoms. The standard InChI is InChI=1S/C29H35N3O5S/c1-21-11-14-25(15-12-21)38(35,36)32(26-19-22(2)13-16-27(26)37-5)20-28(33)31(23(3)29(34)30-4)18-17-24-9-7-6-8-10-24/h6-16,19,23H,17-18,20H2,1-5H3,(H,30,34)/t23-/m0/s1. The topological polar surface area (TPSA) is 96.0 Å². The molecule has 0 bridgehead atoms. The van der Waals surface area contributed by atoms with Crippen LogP contribution in [0.25, 0.3) is 0 Å². The van der Waals surface area contributed by atoms with E-state index < -0.39 is 28.5 Å². The molecule has 2 amide bonds. The molecule has 3 aromatic rings. The van der Waals surface area contributed by atoms with Crippen LogP contribution in [0.4, 0.5) is 5.69 Å². The minimum absolute atomic E-state index is 0.0506. The zero-order valence-corrected chi connectivity index (χ0v) is 23.3. The Morgan fingerprint density at radius 2 is 1.58 bits per heavy atom. The lowest BCUT2D eigenvalue weighted by molar-refractivity contribution is -0.138. The Bertz CT molecular complexity index is 1360. The number of amides is 2. The van der Waals surface area contributed by atoms with E-state index in [0.29, 0.717) is 12.2 Å². The number of carbonyl (C=O) groups excluding carboxylic acids is 2. The number of nitrogens with zero attached hydrogens (tertiary/aromatic N) is 2. The number of ether oxygens (including phenoxy) is 1. The number of nitrogens with one attached hydrogen (secondary N) is 1. The van der Waals surface area contributed by atoms with Crippen molar-refractivity contribution in [2.75, 3.05) is 31.6 Å². The number of benzene rings is 3. The van der Waals surface area contributed by atoms with Gasteiger partial charge in [-0.2, -0.15) is 0 Å². The molecule has 0 aliphatic carbocycles. The minimum atomic E-state index is -4.16. The Morgan fingerprint density at radius 1 is 0.947 bits per heavy atom. The van der Waals surface area contributed by atoms with E-state index in [1.807, 2.05) is 44.2 Å². The molecule has 8 nitrogen and oxygen atoms in total. The quantitative estimate of drug-likeness (QED) is 0.402. The zero-order chi connectivity index (χ0) is 27.9. The van der Waals surface area contributed by atoms with Crippen LogP contribution in [0.1, 0.15) is 23.6 Å². The summed E-state index contributed by atoms with van der Waals surface area (Å²) in [6.07, 6.45) is 0.506. The van der Waals surface area contributed by atoms with Gasteiger partial charge in [-0.15, -0.1) is 0 Å². The minimum Gasteiger partial charge on any atom is -0.495 e. The van der Waals surface area contributed by atoms with Crippen LogP contribution in [-0.4, -0.2) is 58.4 Å². The van der Waals surface area contributed by atoms with Gasteiger partial charge < -0.3 is 15.0 Å². The fourth-order valence-electron chi connectivity index (χ4n) is 4.12. The van der Waals surface area contributed by atoms with Gasteiger partial charge in [0.2, 0.25) is 11.8 Å². The number of carbonyl (C=O) groups is 2. The second-order valence-electron chi connectivity index (χ2n) is 9.11. The van der Waals surface area contributed by atoms with Crippen molar-refractivity contribution in [2.45, 2.75) is 38.1 Å². The van der Waals surface area contributed by atoms with Gasteiger partial charge in [-0.1, -0.05) is 54.1 Å². The number of anilines is 1. The average Bonchev–Trinajstić information content (AvgIpc) is 2.91. The predicted octanol–water partition coefficient (Wildman–Crippen LogP) is 3.71. The van der Waals surface area contributed by atoms with Gasteiger partial charge in [0.1, 0.15) is 18.3 Å². The third-order valence-corrected chi connectivity index (χ3v) is 8.16. The Labute approximate surface area is 225 Å². The van der Waals surface area contributed by atoms with Gasteiger partial charge >= 0.3 is 0 Å². The highest BCUT2D eigenvalue weighted by molar-refractivity contribution is 7.92. The molecule has 0 spiro atoms. The molecule has 0 saturated carbocycles. The maximum absolute atomic E-state index is 13.9. The highest BCUT2D eigenvalue weighted by atomic mass is 32.2. The summed E-state index contributed by atoms with van der Waals surface area (Å²) in [6, 6.07) is 20.4. The first-order valence-corrected chi connectivity index (χ1v) is 13.8. The lowest BCUT2D eigenvalue weighted by Crippen LogP contribution is -2.51. The van der Waals surface area contributed by atoms with Crippen LogP contribution < -0.4 is 14.4 Å². The maximum atomic E-state index is 13.9. The van der Waals surface area contributed by atoms with Crippen molar-refractivity contribution < 1.29 is 22.7 Å². The van der Waals surface area contributed by atoms with Crippen LogP contribution in [0.15, 0.2) is 77.7 Å². The first kappa shape index (κ1) is 28.7. The van der Waals surface area contributed by atoms with E-state index in [1.54, 1.807) is 37.3 Å². The highest BCUT2D eigenvalue weighted by Crippen LogP contribution is 2.33. The summed E-state index contributed by atoms with van der Waals surface area (Å²) >= 11 is 0. The van der Waals surface area contributed by atoms with Crippen molar-refractivity contribution in [3.63, 3.8) is 0 Å². The molecule has 1 atom stereocenters. The van der Waals surface area contributed by atoms with Crippen molar-refractivity contribution in [1.29, 1.82) is 0 Å². The number of sulfonamides is 1. The summed E-state index contributed by atoms with van der Waals surface area (Å²) < 4.78 is 34.4. The van der Waals surface area contributed by atoms with E-state index in [1.165, 1.54) is 31.2 Å². The van der Waals surface area contributed by atoms with E-state index in [0.717, 1.165) is 21.0 Å². The van der Waals surface area contributed by atoms with E-state index in [2.05, 4.69) is 5.32 Å². The van der Waals surface area contributed by atoms with Gasteiger partial charge in [0, 0.05) is 13.6 Å². The third kappa shape index (κ3) is 6.72. The van der Waals surface area contributed by atoms with Crippen LogP contribution >= 0.6 is 0 Å². The Hall–Kier alpha value is -3.85. The first-order chi connectivity index (χ1) is 18.1. The zero-order valence-electron chi connectivity index (χ0n) is 22.5. The van der Waals surface area contributed by atoms with Crippen molar-refractivity contribution >= 4 is 27.5 Å². The van der Waals surface area contributed by atoms with Crippen LogP contribution in [0.3, 0.4) is 0 Å². The molecule has 3 rings (SSSR count). The summed E-state index contributed by atoms with van der Waals surface area (Å²) in [4.78, 5) is 27.9. The predicted molar refractivity (Wildman–Crippen MR) is 149 cm³/mol. The molecule has 0 fully saturated rings. The Balaban J connectivity index is 2.05. The van der Waals surface area contributed by atoms with Gasteiger partial charge in [0.25, 0.3) is 10.0 Å².